The number of carbonyl (C=O) groups excluding carboxylic acids is 1. The Bertz CT molecular complexity index is 2150. The maximum Gasteiger partial charge on any atom is 0.419 e. The molecule has 9 nitrogen and oxygen atoms in total. The second-order valence-electron chi connectivity index (χ2n) is 13.6. The van der Waals surface area contributed by atoms with Crippen molar-refractivity contribution in [1.82, 2.24) is 19.8 Å². The zero-order valence-electron chi connectivity index (χ0n) is 27.7. The number of anilines is 2. The molecule has 3 aliphatic rings. The summed E-state index contributed by atoms with van der Waals surface area (Å²) in [5.74, 6) is -1.66. The molecule has 3 fully saturated rings. The van der Waals surface area contributed by atoms with E-state index in [2.05, 4.69) is 15.3 Å². The molecule has 5 heterocycles. The van der Waals surface area contributed by atoms with Gasteiger partial charge in [-0.2, -0.15) is 41.6 Å². The molecule has 0 saturated carbocycles. The molecule has 1 amide bonds. The van der Waals surface area contributed by atoms with Gasteiger partial charge >= 0.3 is 18.4 Å². The van der Waals surface area contributed by atoms with Crippen LogP contribution >= 0.6 is 11.3 Å². The van der Waals surface area contributed by atoms with Gasteiger partial charge in [-0.25, -0.2) is 8.78 Å². The van der Waals surface area contributed by atoms with Gasteiger partial charge in [0.1, 0.15) is 35.5 Å². The number of nitrogens with zero attached hydrogens (tertiary/aromatic N) is 5. The molecule has 0 spiro atoms. The number of likely N-dealkylation sites (tertiary alicyclic amines) is 1. The van der Waals surface area contributed by atoms with Gasteiger partial charge in [0, 0.05) is 54.9 Å². The molecule has 3 N–H and O–H groups in total. The maximum atomic E-state index is 15.5. The minimum Gasteiger partial charge on any atom is -0.461 e. The Morgan fingerprint density at radius 1 is 1.19 bits per heavy atom. The summed E-state index contributed by atoms with van der Waals surface area (Å²) < 4.78 is 127. The monoisotopic (exact) mass is 753 g/mol. The first kappa shape index (κ1) is 35.9. The number of nitrogens with two attached hydrogens (primary N) is 1. The molecular formula is C34H31F8N7O2S. The molecule has 4 atom stereocenters. The lowest BCUT2D eigenvalue weighted by atomic mass is 9.88. The van der Waals surface area contributed by atoms with Crippen LogP contribution in [-0.4, -0.2) is 75.7 Å². The Morgan fingerprint density at radius 2 is 1.94 bits per heavy atom. The first-order chi connectivity index (χ1) is 24.4. The largest absolute Gasteiger partial charge is 0.461 e. The van der Waals surface area contributed by atoms with Crippen LogP contribution in [0.5, 0.6) is 6.01 Å². The molecule has 0 bridgehead atoms. The van der Waals surface area contributed by atoms with Crippen LogP contribution in [0.3, 0.4) is 0 Å². The Labute approximate surface area is 295 Å². The first-order valence-electron chi connectivity index (χ1n) is 16.4. The number of alkyl halides is 7. The molecule has 4 aromatic rings. The average Bonchev–Trinajstić information content (AvgIpc) is 3.79. The predicted octanol–water partition coefficient (Wildman–Crippen LogP) is 7.52. The summed E-state index contributed by atoms with van der Waals surface area (Å²) in [6.07, 6.45) is -10.4. The van der Waals surface area contributed by atoms with Crippen molar-refractivity contribution in [2.45, 2.75) is 75.7 Å². The topological polar surface area (TPSA) is 120 Å². The number of hydrogen-bond donors (Lipinski definition) is 2. The van der Waals surface area contributed by atoms with E-state index in [9.17, 15) is 18.8 Å². The number of thiophene rings is 1. The van der Waals surface area contributed by atoms with E-state index < -0.39 is 96.6 Å². The van der Waals surface area contributed by atoms with Crippen molar-refractivity contribution in [3.8, 4) is 23.2 Å². The number of nitrogen functional groups attached to an aromatic ring is 1. The van der Waals surface area contributed by atoms with E-state index in [1.807, 2.05) is 4.90 Å². The first-order valence-corrected chi connectivity index (χ1v) is 17.2. The number of rotatable bonds is 6. The van der Waals surface area contributed by atoms with Gasteiger partial charge < -0.3 is 20.7 Å². The minimum absolute atomic E-state index is 0.0918. The van der Waals surface area contributed by atoms with Crippen LogP contribution in [0.25, 0.3) is 32.1 Å². The summed E-state index contributed by atoms with van der Waals surface area (Å²) in [6, 6.07) is 2.15. The van der Waals surface area contributed by atoms with Crippen molar-refractivity contribution in [3.63, 3.8) is 0 Å². The van der Waals surface area contributed by atoms with Gasteiger partial charge in [0.05, 0.1) is 32.4 Å². The summed E-state index contributed by atoms with van der Waals surface area (Å²) in [5.41, 5.74) is -1.95. The Balaban J connectivity index is 1.50. The second-order valence-corrected chi connectivity index (χ2v) is 14.7. The number of amides is 1. The fourth-order valence-corrected chi connectivity index (χ4v) is 9.07. The molecule has 0 radical (unpaired) electrons. The smallest absolute Gasteiger partial charge is 0.419 e. The molecule has 0 unspecified atom stereocenters. The van der Waals surface area contributed by atoms with Crippen LogP contribution in [0.2, 0.25) is 0 Å². The third-order valence-corrected chi connectivity index (χ3v) is 11.3. The standard InChI is InChI=1S/C34H31F8N7O2S/c1-15-8-18(13-49(15)16(2)50)45-30-20-9-22(33(37,38)39)25(19-4-5-23(36)28-24(19)21(11-43)29(44)52-28)26(34(40,41)42)27(20)46-31(47-30)51-14-32-6-3-7-48(32)12-17(35)10-32/h4-5,9,15,17-18H,3,6-8,10,12-14,44H2,1-2H3,(H,45,46,47)/t15-,17-,18+,32+/m1/s1. The number of halogens is 8. The van der Waals surface area contributed by atoms with Crippen LogP contribution in [0.15, 0.2) is 18.2 Å². The molecule has 18 heteroatoms. The van der Waals surface area contributed by atoms with Crippen molar-refractivity contribution >= 4 is 49.1 Å². The predicted molar refractivity (Wildman–Crippen MR) is 177 cm³/mol. The molecule has 52 heavy (non-hydrogen) atoms. The highest BCUT2D eigenvalue weighted by molar-refractivity contribution is 7.23. The van der Waals surface area contributed by atoms with Crippen LogP contribution in [-0.2, 0) is 17.1 Å². The molecule has 2 aromatic heterocycles. The number of carbonyl (C=O) groups is 1. The zero-order valence-corrected chi connectivity index (χ0v) is 28.5. The normalized spacial score (nSPS) is 23.8. The molecule has 7 rings (SSSR count). The SMILES string of the molecule is CC(=O)N1C[C@@H](Nc2nc(OC[C@@]34CCCN3C[C@H](F)C4)nc3c(C(F)(F)F)c(-c4ccc(F)c5sc(N)c(C#N)c45)c(C(F)(F)F)cc23)C[C@H]1C. The van der Waals surface area contributed by atoms with E-state index in [-0.39, 0.29) is 43.1 Å². The van der Waals surface area contributed by atoms with Crippen molar-refractivity contribution in [3.05, 3.63) is 40.7 Å². The lowest BCUT2D eigenvalue weighted by Crippen LogP contribution is -2.43. The Hall–Kier alpha value is -4.50. The number of aromatic nitrogens is 2. The van der Waals surface area contributed by atoms with Crippen molar-refractivity contribution in [2.24, 2.45) is 0 Å². The van der Waals surface area contributed by atoms with Gasteiger partial charge in [-0.3, -0.25) is 9.69 Å². The van der Waals surface area contributed by atoms with Crippen LogP contribution in [0.4, 0.5) is 45.9 Å². The highest BCUT2D eigenvalue weighted by atomic mass is 32.1. The van der Waals surface area contributed by atoms with Crippen LogP contribution in [0, 0.1) is 17.1 Å². The number of fused-ring (bicyclic) bond motifs is 3. The Kier molecular flexibility index (Phi) is 8.68. The van der Waals surface area contributed by atoms with Gasteiger partial charge in [-0.05, 0) is 50.4 Å². The third kappa shape index (κ3) is 6.00. The molecule has 276 valence electrons. The number of benzene rings is 2. The van der Waals surface area contributed by atoms with E-state index in [1.165, 1.54) is 11.8 Å². The summed E-state index contributed by atoms with van der Waals surface area (Å²) >= 11 is 0.523. The van der Waals surface area contributed by atoms with E-state index >= 15 is 26.3 Å². The van der Waals surface area contributed by atoms with Crippen LogP contribution in [0.1, 0.15) is 56.2 Å². The van der Waals surface area contributed by atoms with Gasteiger partial charge in [0.15, 0.2) is 0 Å². The zero-order chi connectivity index (χ0) is 37.5. The second kappa shape index (κ2) is 12.6. The summed E-state index contributed by atoms with van der Waals surface area (Å²) in [6.45, 7) is 3.76. The average molecular weight is 754 g/mol. The lowest BCUT2D eigenvalue weighted by molar-refractivity contribution is -0.141. The van der Waals surface area contributed by atoms with Crippen LogP contribution < -0.4 is 15.8 Å². The fourth-order valence-electron chi connectivity index (χ4n) is 8.12. The molecule has 2 aromatic carbocycles. The molecule has 3 aliphatic heterocycles. The van der Waals surface area contributed by atoms with Crippen molar-refractivity contribution < 1.29 is 44.7 Å². The summed E-state index contributed by atoms with van der Waals surface area (Å²) in [7, 11) is 0. The number of hydrogen-bond acceptors (Lipinski definition) is 9. The summed E-state index contributed by atoms with van der Waals surface area (Å²) in [5, 5.41) is 11.3. The number of nitriles is 1. The van der Waals surface area contributed by atoms with Crippen molar-refractivity contribution in [2.75, 3.05) is 37.3 Å². The highest BCUT2D eigenvalue weighted by Gasteiger charge is 2.50. The molecular weight excluding hydrogens is 722 g/mol. The van der Waals surface area contributed by atoms with E-state index in [4.69, 9.17) is 10.5 Å². The van der Waals surface area contributed by atoms with Crippen molar-refractivity contribution in [1.29, 1.82) is 5.26 Å². The third-order valence-electron chi connectivity index (χ3n) is 10.3. The molecule has 0 aliphatic carbocycles. The lowest BCUT2D eigenvalue weighted by Gasteiger charge is -2.31. The quantitative estimate of drug-likeness (QED) is 0.194. The summed E-state index contributed by atoms with van der Waals surface area (Å²) in [4.78, 5) is 24.0. The van der Waals surface area contributed by atoms with E-state index in [0.29, 0.717) is 36.8 Å². The van der Waals surface area contributed by atoms with E-state index in [1.54, 1.807) is 13.0 Å². The Morgan fingerprint density at radius 3 is 2.60 bits per heavy atom. The highest BCUT2D eigenvalue weighted by Crippen LogP contribution is 2.52. The minimum atomic E-state index is -5.51. The van der Waals surface area contributed by atoms with Gasteiger partial charge in [0.2, 0.25) is 5.91 Å². The number of ether oxygens (including phenoxy) is 1. The number of nitrogens with one attached hydrogen (secondary N) is 1. The fraction of sp³-hybridized carbons (Fsp3) is 0.471. The molecule has 3 saturated heterocycles. The van der Waals surface area contributed by atoms with Gasteiger partial charge in [-0.1, -0.05) is 6.07 Å². The maximum absolute atomic E-state index is 15.5. The van der Waals surface area contributed by atoms with E-state index in [0.717, 1.165) is 18.6 Å². The van der Waals surface area contributed by atoms with Gasteiger partial charge in [-0.15, -0.1) is 11.3 Å². The van der Waals surface area contributed by atoms with Gasteiger partial charge in [0.25, 0.3) is 0 Å².